The summed E-state index contributed by atoms with van der Waals surface area (Å²) >= 11 is 0. The third-order valence-corrected chi connectivity index (χ3v) is 5.20. The van der Waals surface area contributed by atoms with Gasteiger partial charge in [-0.25, -0.2) is 0 Å². The van der Waals surface area contributed by atoms with Gasteiger partial charge in [0.15, 0.2) is 0 Å². The Hall–Kier alpha value is -4.20. The minimum absolute atomic E-state index is 0.286. The fraction of sp³-hybridized carbons (Fsp3) is 0.259. The van der Waals surface area contributed by atoms with Crippen molar-refractivity contribution >= 4 is 5.97 Å². The molecule has 0 aliphatic rings. The van der Waals surface area contributed by atoms with Gasteiger partial charge < -0.3 is 14.2 Å². The predicted octanol–water partition coefficient (Wildman–Crippen LogP) is 4.93. The van der Waals surface area contributed by atoms with Crippen LogP contribution in [0.15, 0.2) is 72.8 Å². The molecule has 1 heterocycles. The number of esters is 1. The van der Waals surface area contributed by atoms with Crippen molar-refractivity contribution < 1.29 is 19.0 Å². The van der Waals surface area contributed by atoms with E-state index in [2.05, 4.69) is 15.4 Å². The van der Waals surface area contributed by atoms with Crippen LogP contribution in [0, 0.1) is 5.41 Å². The number of tetrazole rings is 1. The smallest absolute Gasteiger partial charge is 0.316 e. The number of carbonyl (C=O) groups excluding carboxylic acids is 1. The summed E-state index contributed by atoms with van der Waals surface area (Å²) in [5, 5.41) is 12.8. The predicted molar refractivity (Wildman–Crippen MR) is 131 cm³/mol. The van der Waals surface area contributed by atoms with Crippen LogP contribution in [-0.2, 0) is 17.9 Å². The number of hydrogen-bond acceptors (Lipinski definition) is 7. The first-order chi connectivity index (χ1) is 16.8. The lowest BCUT2D eigenvalue weighted by atomic mass is 9.97. The molecular weight excluding hydrogens is 444 g/mol. The molecule has 0 N–H and O–H groups in total. The number of hydrogen-bond donors (Lipinski definition) is 0. The topological polar surface area (TPSA) is 88.4 Å². The van der Waals surface area contributed by atoms with Gasteiger partial charge in [-0.05, 0) is 85.6 Å². The van der Waals surface area contributed by atoms with E-state index < -0.39 is 5.41 Å². The first-order valence-corrected chi connectivity index (χ1v) is 11.3. The van der Waals surface area contributed by atoms with E-state index in [4.69, 9.17) is 14.2 Å². The monoisotopic (exact) mass is 472 g/mol. The molecule has 4 rings (SSSR count). The summed E-state index contributed by atoms with van der Waals surface area (Å²) in [4.78, 5) is 13.6. The molecule has 0 aliphatic heterocycles. The Bertz CT molecular complexity index is 1260. The van der Waals surface area contributed by atoms with Gasteiger partial charge >= 0.3 is 5.97 Å². The molecule has 8 nitrogen and oxygen atoms in total. The molecule has 0 bridgehead atoms. The first kappa shape index (κ1) is 23.9. The summed E-state index contributed by atoms with van der Waals surface area (Å²) < 4.78 is 16.4. The van der Waals surface area contributed by atoms with Crippen LogP contribution in [0.1, 0.15) is 31.9 Å². The Kier molecular flexibility index (Phi) is 7.10. The average Bonchev–Trinajstić information content (AvgIpc) is 3.32. The van der Waals surface area contributed by atoms with Crippen LogP contribution < -0.4 is 14.2 Å². The van der Waals surface area contributed by atoms with Crippen LogP contribution in [-0.4, -0.2) is 33.3 Å². The lowest BCUT2D eigenvalue weighted by Crippen LogP contribution is -2.25. The van der Waals surface area contributed by atoms with Crippen molar-refractivity contribution in [2.75, 3.05) is 7.11 Å². The van der Waals surface area contributed by atoms with Crippen molar-refractivity contribution in [3.05, 3.63) is 83.9 Å². The van der Waals surface area contributed by atoms with Gasteiger partial charge in [0.2, 0.25) is 5.82 Å². The fourth-order valence-corrected chi connectivity index (χ4v) is 3.10. The van der Waals surface area contributed by atoms with Crippen LogP contribution in [0.3, 0.4) is 0 Å². The summed E-state index contributed by atoms with van der Waals surface area (Å²) in [6.07, 6.45) is 0. The molecular formula is C27H28N4O4. The number of carbonyl (C=O) groups is 1. The van der Waals surface area contributed by atoms with E-state index in [9.17, 15) is 4.79 Å². The molecule has 8 heteroatoms. The van der Waals surface area contributed by atoms with E-state index in [0.29, 0.717) is 24.7 Å². The molecule has 0 spiro atoms. The molecule has 0 aliphatic carbocycles. The maximum atomic E-state index is 12.0. The van der Waals surface area contributed by atoms with Crippen LogP contribution in [0.4, 0.5) is 0 Å². The van der Waals surface area contributed by atoms with Crippen molar-refractivity contribution in [2.45, 2.75) is 33.9 Å². The highest BCUT2D eigenvalue weighted by atomic mass is 16.5. The lowest BCUT2D eigenvalue weighted by molar-refractivity contribution is -0.142. The number of aromatic nitrogens is 4. The zero-order chi connectivity index (χ0) is 24.8. The molecule has 0 saturated heterocycles. The Morgan fingerprint density at radius 3 is 2.06 bits per heavy atom. The standard InChI is InChI=1S/C27H28N4O4/c1-27(2,3)26(32)35-24-15-9-21(10-16-24)25-28-30-31(29-25)17-19-5-13-23(14-6-19)34-18-20-7-11-22(33-4)12-8-20/h5-16H,17-18H2,1-4H3. The zero-order valence-electron chi connectivity index (χ0n) is 20.3. The van der Waals surface area contributed by atoms with Gasteiger partial charge in [0.1, 0.15) is 23.9 Å². The zero-order valence-corrected chi connectivity index (χ0v) is 20.3. The van der Waals surface area contributed by atoms with Crippen molar-refractivity contribution in [3.8, 4) is 28.6 Å². The highest BCUT2D eigenvalue weighted by Crippen LogP contribution is 2.23. The minimum Gasteiger partial charge on any atom is -0.497 e. The van der Waals surface area contributed by atoms with Crippen molar-refractivity contribution in [1.82, 2.24) is 20.2 Å². The highest BCUT2D eigenvalue weighted by Gasteiger charge is 2.23. The number of benzene rings is 3. The third-order valence-electron chi connectivity index (χ3n) is 5.20. The molecule has 3 aromatic carbocycles. The Labute approximate surface area is 204 Å². The minimum atomic E-state index is -0.566. The van der Waals surface area contributed by atoms with Gasteiger partial charge in [-0.2, -0.15) is 4.80 Å². The molecule has 0 radical (unpaired) electrons. The molecule has 0 atom stereocenters. The summed E-state index contributed by atoms with van der Waals surface area (Å²) in [5.41, 5.74) is 2.31. The molecule has 1 aromatic heterocycles. The molecule has 0 unspecified atom stereocenters. The largest absolute Gasteiger partial charge is 0.497 e. The van der Waals surface area contributed by atoms with Crippen LogP contribution in [0.2, 0.25) is 0 Å². The van der Waals surface area contributed by atoms with Crippen molar-refractivity contribution in [3.63, 3.8) is 0 Å². The second-order valence-electron chi connectivity index (χ2n) is 9.09. The van der Waals surface area contributed by atoms with Crippen LogP contribution >= 0.6 is 0 Å². The number of rotatable bonds is 8. The number of nitrogens with zero attached hydrogens (tertiary/aromatic N) is 4. The molecule has 0 fully saturated rings. The second-order valence-corrected chi connectivity index (χ2v) is 9.09. The quantitative estimate of drug-likeness (QED) is 0.265. The Morgan fingerprint density at radius 2 is 1.43 bits per heavy atom. The molecule has 0 amide bonds. The van der Waals surface area contributed by atoms with Gasteiger partial charge in [-0.1, -0.05) is 24.3 Å². The van der Waals surface area contributed by atoms with Crippen molar-refractivity contribution in [2.24, 2.45) is 5.41 Å². The highest BCUT2D eigenvalue weighted by molar-refractivity contribution is 5.78. The fourth-order valence-electron chi connectivity index (χ4n) is 3.10. The van der Waals surface area contributed by atoms with E-state index in [0.717, 1.165) is 28.2 Å². The van der Waals surface area contributed by atoms with E-state index >= 15 is 0 Å². The van der Waals surface area contributed by atoms with Crippen LogP contribution in [0.25, 0.3) is 11.4 Å². The number of methoxy groups -OCH3 is 1. The Morgan fingerprint density at radius 1 is 0.829 bits per heavy atom. The van der Waals surface area contributed by atoms with Gasteiger partial charge in [0.25, 0.3) is 0 Å². The summed E-state index contributed by atoms with van der Waals surface area (Å²) in [7, 11) is 1.65. The summed E-state index contributed by atoms with van der Waals surface area (Å²) in [5.74, 6) is 2.30. The van der Waals surface area contributed by atoms with E-state index in [-0.39, 0.29) is 5.97 Å². The first-order valence-electron chi connectivity index (χ1n) is 11.3. The van der Waals surface area contributed by atoms with E-state index in [1.54, 1.807) is 19.2 Å². The van der Waals surface area contributed by atoms with E-state index in [1.807, 2.05) is 81.4 Å². The normalized spacial score (nSPS) is 11.2. The van der Waals surface area contributed by atoms with Crippen LogP contribution in [0.5, 0.6) is 17.2 Å². The summed E-state index contributed by atoms with van der Waals surface area (Å²) in [6.45, 7) is 6.40. The van der Waals surface area contributed by atoms with E-state index in [1.165, 1.54) is 4.80 Å². The number of ether oxygens (including phenoxy) is 3. The average molecular weight is 473 g/mol. The molecule has 0 saturated carbocycles. The molecule has 35 heavy (non-hydrogen) atoms. The van der Waals surface area contributed by atoms with Gasteiger partial charge in [-0.3, -0.25) is 4.79 Å². The molecule has 4 aromatic rings. The van der Waals surface area contributed by atoms with Gasteiger partial charge in [0, 0.05) is 5.56 Å². The van der Waals surface area contributed by atoms with Gasteiger partial charge in [-0.15, -0.1) is 10.2 Å². The SMILES string of the molecule is COc1ccc(COc2ccc(Cn3nnc(-c4ccc(OC(=O)C(C)(C)C)cc4)n3)cc2)cc1. The molecule has 180 valence electrons. The second kappa shape index (κ2) is 10.4. The van der Waals surface area contributed by atoms with Crippen molar-refractivity contribution in [1.29, 1.82) is 0 Å². The lowest BCUT2D eigenvalue weighted by Gasteiger charge is -2.16. The summed E-state index contributed by atoms with van der Waals surface area (Å²) in [6, 6.07) is 22.7. The maximum Gasteiger partial charge on any atom is 0.316 e. The maximum absolute atomic E-state index is 12.0. The van der Waals surface area contributed by atoms with Gasteiger partial charge in [0.05, 0.1) is 19.1 Å². The third kappa shape index (κ3) is 6.44. The Balaban J connectivity index is 1.32.